The fourth-order valence-corrected chi connectivity index (χ4v) is 10.9. The number of hydrogen-bond acceptors (Lipinski definition) is 18. The summed E-state index contributed by atoms with van der Waals surface area (Å²) in [6, 6.07) is 30.8. The first-order valence-electron chi connectivity index (χ1n) is 33.4. The van der Waals surface area contributed by atoms with Gasteiger partial charge in [-0.3, -0.25) is 9.59 Å². The van der Waals surface area contributed by atoms with Crippen LogP contribution in [0.25, 0.3) is 0 Å². The summed E-state index contributed by atoms with van der Waals surface area (Å²) >= 11 is 0. The standard InChI is InChI=1S/C74H94N2O18/c1-5-19-91-69-53-11-9-12-54(69)44-60-48-64(76-74(78)58-16-18-66-68(52-58)90-42-38-86-34-30-82-26-24-80-28-32-84-36-40-88-66)50-62(72(60)94-22-8-4)46-56-14-10-13-55(70(56)92-20-6-2)45-61-49-63(47-59(43-53)71(61)93-21-7-3)75-73(77)57-15-17-65-67(51-57)89-41-37-85-33-29-81-25-23-79-27-31-83-35-39-87-65/h9-18,47-52H,5-8,19-46H2,1-4H3,(H,75,77)(H,76,78). The predicted molar refractivity (Wildman–Crippen MR) is 357 cm³/mol. The van der Waals surface area contributed by atoms with E-state index in [4.69, 9.17) is 75.8 Å². The van der Waals surface area contributed by atoms with E-state index in [2.05, 4.69) is 74.7 Å². The zero-order chi connectivity index (χ0) is 65.4. The summed E-state index contributed by atoms with van der Waals surface area (Å²) in [4.78, 5) is 29.4. The zero-order valence-electron chi connectivity index (χ0n) is 55.2. The lowest BCUT2D eigenvalue weighted by molar-refractivity contribution is -0.00841. The molecule has 6 aromatic carbocycles. The minimum absolute atomic E-state index is 0.218. The Morgan fingerprint density at radius 3 is 0.819 bits per heavy atom. The molecule has 2 heterocycles. The van der Waals surface area contributed by atoms with Gasteiger partial charge in [0.15, 0.2) is 23.0 Å². The van der Waals surface area contributed by atoms with Crippen molar-refractivity contribution in [2.45, 2.75) is 79.1 Å². The van der Waals surface area contributed by atoms with E-state index >= 15 is 0 Å². The maximum absolute atomic E-state index is 14.7. The largest absolute Gasteiger partial charge is 0.493 e. The minimum atomic E-state index is -0.348. The molecule has 0 radical (unpaired) electrons. The second-order valence-electron chi connectivity index (χ2n) is 22.7. The summed E-state index contributed by atoms with van der Waals surface area (Å²) in [6.45, 7) is 17.6. The van der Waals surface area contributed by atoms with Crippen molar-refractivity contribution in [3.63, 3.8) is 0 Å². The van der Waals surface area contributed by atoms with Crippen molar-refractivity contribution in [3.8, 4) is 46.0 Å². The van der Waals surface area contributed by atoms with Gasteiger partial charge in [-0.1, -0.05) is 64.1 Å². The topological polar surface area (TPSA) is 206 Å². The van der Waals surface area contributed by atoms with E-state index in [1.165, 1.54) is 0 Å². The zero-order valence-corrected chi connectivity index (χ0v) is 55.2. The molecule has 2 amide bonds. The van der Waals surface area contributed by atoms with Crippen molar-refractivity contribution in [3.05, 3.63) is 153 Å². The van der Waals surface area contributed by atoms with E-state index in [9.17, 15) is 9.59 Å². The van der Waals surface area contributed by atoms with Crippen LogP contribution in [0.4, 0.5) is 11.4 Å². The molecule has 20 nitrogen and oxygen atoms in total. The molecule has 2 N–H and O–H groups in total. The van der Waals surface area contributed by atoms with Gasteiger partial charge in [-0.2, -0.15) is 0 Å². The predicted octanol–water partition coefficient (Wildman–Crippen LogP) is 11.7. The highest BCUT2D eigenvalue weighted by molar-refractivity contribution is 6.05. The molecule has 2 aliphatic heterocycles. The average Bonchev–Trinajstić information content (AvgIpc) is 0.807. The number of carbonyl (C=O) groups is 2. The van der Waals surface area contributed by atoms with Gasteiger partial charge >= 0.3 is 0 Å². The van der Waals surface area contributed by atoms with Crippen LogP contribution in [-0.2, 0) is 63.6 Å². The molecule has 1 aliphatic carbocycles. The molecule has 0 saturated heterocycles. The number of nitrogens with one attached hydrogen (secondary N) is 2. The third kappa shape index (κ3) is 21.7. The first-order chi connectivity index (χ1) is 46.3. The lowest BCUT2D eigenvalue weighted by Crippen LogP contribution is -2.17. The molecule has 0 saturated carbocycles. The maximum atomic E-state index is 14.7. The fourth-order valence-electron chi connectivity index (χ4n) is 10.9. The van der Waals surface area contributed by atoms with Crippen molar-refractivity contribution < 1.29 is 85.4 Å². The Morgan fingerprint density at radius 2 is 0.553 bits per heavy atom. The number of benzene rings is 6. The van der Waals surface area contributed by atoms with Crippen molar-refractivity contribution in [2.75, 3.05) is 169 Å². The molecule has 0 aromatic heterocycles. The second kappa shape index (κ2) is 39.3. The van der Waals surface area contributed by atoms with E-state index in [0.717, 1.165) is 93.2 Å². The second-order valence-corrected chi connectivity index (χ2v) is 22.7. The van der Waals surface area contributed by atoms with Crippen LogP contribution in [0.3, 0.4) is 0 Å². The van der Waals surface area contributed by atoms with E-state index in [0.29, 0.717) is 203 Å². The van der Waals surface area contributed by atoms with E-state index in [1.807, 2.05) is 24.3 Å². The van der Waals surface area contributed by atoms with Gasteiger partial charge < -0.3 is 86.4 Å². The van der Waals surface area contributed by atoms with Gasteiger partial charge in [0.2, 0.25) is 0 Å². The summed E-state index contributed by atoms with van der Waals surface area (Å²) in [5.41, 5.74) is 8.99. The van der Waals surface area contributed by atoms with Crippen LogP contribution in [0.1, 0.15) is 119 Å². The molecule has 94 heavy (non-hydrogen) atoms. The number of rotatable bonds is 16. The Hall–Kier alpha value is -7.66. The van der Waals surface area contributed by atoms with Crippen LogP contribution in [0.2, 0.25) is 0 Å². The maximum Gasteiger partial charge on any atom is 0.255 e. The lowest BCUT2D eigenvalue weighted by Gasteiger charge is -2.24. The third-order valence-corrected chi connectivity index (χ3v) is 15.3. The Balaban J connectivity index is 1.09. The van der Waals surface area contributed by atoms with Gasteiger partial charge in [0, 0.05) is 70.4 Å². The summed E-state index contributed by atoms with van der Waals surface area (Å²) in [6.07, 6.45) is 4.61. The Kier molecular flexibility index (Phi) is 29.5. The SMILES string of the molecule is CCCOc1c2cccc1Cc1cc(NC(=O)c3ccc4c(c3)OCCOCCOCCOCCOCCO4)cc(c1OCCC)Cc1cccc(c1OCCC)Cc1cc(NC(=O)c3ccc4c(c3)OCCOCCOCCOCCOCCO4)cc(c1OCCC)C2. The number of fused-ring (bicyclic) bond motifs is 10. The molecule has 9 rings (SSSR count). The van der Waals surface area contributed by atoms with Crippen LogP contribution in [0.15, 0.2) is 97.1 Å². The highest BCUT2D eigenvalue weighted by Crippen LogP contribution is 2.42. The van der Waals surface area contributed by atoms with Crippen LogP contribution in [0, 0.1) is 0 Å². The van der Waals surface area contributed by atoms with E-state index in [-0.39, 0.29) is 38.2 Å². The van der Waals surface area contributed by atoms with Gasteiger partial charge in [-0.05, 0) is 109 Å². The van der Waals surface area contributed by atoms with Gasteiger partial charge in [0.05, 0.1) is 132 Å². The molecule has 0 spiro atoms. The Morgan fingerprint density at radius 1 is 0.309 bits per heavy atom. The Labute approximate surface area is 553 Å². The highest BCUT2D eigenvalue weighted by Gasteiger charge is 2.25. The summed E-state index contributed by atoms with van der Waals surface area (Å²) in [5.74, 6) is 3.96. The first-order valence-corrected chi connectivity index (χ1v) is 33.4. The van der Waals surface area contributed by atoms with E-state index in [1.54, 1.807) is 36.4 Å². The van der Waals surface area contributed by atoms with Gasteiger partial charge in [0.1, 0.15) is 49.4 Å². The van der Waals surface area contributed by atoms with Crippen LogP contribution in [-0.4, -0.2) is 170 Å². The van der Waals surface area contributed by atoms with E-state index < -0.39 is 0 Å². The van der Waals surface area contributed by atoms with Crippen molar-refractivity contribution in [1.29, 1.82) is 0 Å². The molecule has 3 aliphatic rings. The molecule has 508 valence electrons. The van der Waals surface area contributed by atoms with Gasteiger partial charge in [-0.25, -0.2) is 0 Å². The molecular formula is C74H94N2O18. The summed E-state index contributed by atoms with van der Waals surface area (Å²) in [7, 11) is 0. The molecular weight excluding hydrogens is 1200 g/mol. The monoisotopic (exact) mass is 1300 g/mol. The van der Waals surface area contributed by atoms with Crippen molar-refractivity contribution in [2.24, 2.45) is 0 Å². The van der Waals surface area contributed by atoms with Crippen LogP contribution >= 0.6 is 0 Å². The molecule has 0 atom stereocenters. The number of carbonyl (C=O) groups excluding carboxylic acids is 2. The van der Waals surface area contributed by atoms with Crippen LogP contribution < -0.4 is 48.5 Å². The molecule has 8 bridgehead atoms. The quantitative estimate of drug-likeness (QED) is 0.0922. The number of hydrogen-bond donors (Lipinski definition) is 2. The van der Waals surface area contributed by atoms with Crippen molar-refractivity contribution >= 4 is 23.2 Å². The number of anilines is 2. The molecule has 20 heteroatoms. The van der Waals surface area contributed by atoms with Gasteiger partial charge in [-0.15, -0.1) is 0 Å². The summed E-state index contributed by atoms with van der Waals surface area (Å²) < 4.78 is 97.7. The lowest BCUT2D eigenvalue weighted by atomic mass is 9.90. The third-order valence-electron chi connectivity index (χ3n) is 15.3. The normalized spacial score (nSPS) is 16.1. The average molecular weight is 1300 g/mol. The minimum Gasteiger partial charge on any atom is -0.493 e. The van der Waals surface area contributed by atoms with Crippen molar-refractivity contribution in [1.82, 2.24) is 0 Å². The first kappa shape index (κ1) is 70.7. The molecule has 0 fully saturated rings. The smallest absolute Gasteiger partial charge is 0.255 e. The van der Waals surface area contributed by atoms with Gasteiger partial charge in [0.25, 0.3) is 11.8 Å². The summed E-state index contributed by atoms with van der Waals surface area (Å²) in [5, 5.41) is 6.54. The number of ether oxygens (including phenoxy) is 16. The molecule has 0 unspecified atom stereocenters. The highest BCUT2D eigenvalue weighted by atomic mass is 16.6. The van der Waals surface area contributed by atoms with Crippen LogP contribution in [0.5, 0.6) is 46.0 Å². The number of amides is 2. The number of para-hydroxylation sites is 2. The molecule has 6 aromatic rings. The Bertz CT molecular complexity index is 3010. The fraction of sp³-hybridized carbons (Fsp3) is 0.486.